The molecule has 1 aliphatic rings. The summed E-state index contributed by atoms with van der Waals surface area (Å²) in [5.41, 5.74) is 2.07. The average molecular weight is 305 g/mol. The lowest BCUT2D eigenvalue weighted by Gasteiger charge is -2.30. The Balaban J connectivity index is 2.29. The number of carbonyl (C=O) groups is 2. The molecule has 1 saturated heterocycles. The first-order valence-electron chi connectivity index (χ1n) is 7.68. The predicted octanol–water partition coefficient (Wildman–Crippen LogP) is 2.60. The molecule has 2 amide bonds. The van der Waals surface area contributed by atoms with Gasteiger partial charge >= 0.3 is 12.0 Å². The number of esters is 1. The van der Waals surface area contributed by atoms with Crippen molar-refractivity contribution in [1.82, 2.24) is 5.32 Å². The molecule has 0 saturated carbocycles. The number of carbonyl (C=O) groups excluding carboxylic acids is 2. The highest BCUT2D eigenvalue weighted by Crippen LogP contribution is 2.30. The summed E-state index contributed by atoms with van der Waals surface area (Å²) in [6.07, 6.45) is 3.44. The number of nitrogens with one attached hydrogen (secondary N) is 2. The number of ether oxygens (including phenoxy) is 1. The summed E-state index contributed by atoms with van der Waals surface area (Å²) in [4.78, 5) is 25.7. The molecule has 22 heavy (non-hydrogen) atoms. The Hall–Kier alpha value is -2.24. The Morgan fingerprint density at radius 1 is 1.23 bits per heavy atom. The molecule has 1 fully saturated rings. The number of anilines is 2. The van der Waals surface area contributed by atoms with Crippen LogP contribution in [-0.4, -0.2) is 38.7 Å². The predicted molar refractivity (Wildman–Crippen MR) is 86.5 cm³/mol. The van der Waals surface area contributed by atoms with Crippen molar-refractivity contribution in [3.63, 3.8) is 0 Å². The summed E-state index contributed by atoms with van der Waals surface area (Å²) in [6.45, 7) is 4.28. The zero-order valence-corrected chi connectivity index (χ0v) is 13.1. The van der Waals surface area contributed by atoms with Gasteiger partial charge in [0.2, 0.25) is 0 Å². The van der Waals surface area contributed by atoms with Crippen LogP contribution in [0.5, 0.6) is 0 Å². The molecule has 0 aromatic heterocycles. The highest BCUT2D eigenvalue weighted by Gasteiger charge is 2.18. The van der Waals surface area contributed by atoms with Gasteiger partial charge < -0.3 is 20.3 Å². The molecule has 120 valence electrons. The van der Waals surface area contributed by atoms with Gasteiger partial charge in [-0.3, -0.25) is 0 Å². The molecular formula is C16H23N3O3. The smallest absolute Gasteiger partial charge is 0.337 e. The number of nitrogens with zero attached hydrogens (tertiary/aromatic N) is 1. The van der Waals surface area contributed by atoms with Crippen molar-refractivity contribution in [2.75, 3.05) is 37.0 Å². The van der Waals surface area contributed by atoms with Crippen molar-refractivity contribution in [3.05, 3.63) is 23.8 Å². The fourth-order valence-electron chi connectivity index (χ4n) is 2.61. The monoisotopic (exact) mass is 305 g/mol. The maximum absolute atomic E-state index is 11.8. The van der Waals surface area contributed by atoms with Crippen LogP contribution in [0.3, 0.4) is 0 Å². The van der Waals surface area contributed by atoms with E-state index in [1.807, 2.05) is 6.92 Å². The van der Waals surface area contributed by atoms with E-state index < -0.39 is 0 Å². The zero-order chi connectivity index (χ0) is 15.9. The second kappa shape index (κ2) is 7.68. The van der Waals surface area contributed by atoms with E-state index in [1.54, 1.807) is 18.2 Å². The minimum absolute atomic E-state index is 0.244. The van der Waals surface area contributed by atoms with Crippen LogP contribution >= 0.6 is 0 Å². The normalized spacial score (nSPS) is 14.4. The first-order valence-corrected chi connectivity index (χ1v) is 7.68. The third-order valence-corrected chi connectivity index (χ3v) is 3.70. The van der Waals surface area contributed by atoms with Gasteiger partial charge in [0.15, 0.2) is 0 Å². The van der Waals surface area contributed by atoms with Crippen LogP contribution in [0.25, 0.3) is 0 Å². The van der Waals surface area contributed by atoms with Gasteiger partial charge in [-0.05, 0) is 44.4 Å². The van der Waals surface area contributed by atoms with Crippen LogP contribution in [0, 0.1) is 0 Å². The third-order valence-electron chi connectivity index (χ3n) is 3.70. The molecule has 0 spiro atoms. The van der Waals surface area contributed by atoms with Crippen LogP contribution in [-0.2, 0) is 4.74 Å². The summed E-state index contributed by atoms with van der Waals surface area (Å²) in [5, 5.41) is 5.56. The van der Waals surface area contributed by atoms with Gasteiger partial charge in [-0.15, -0.1) is 0 Å². The molecule has 0 radical (unpaired) electrons. The number of hydrogen-bond acceptors (Lipinski definition) is 4. The fourth-order valence-corrected chi connectivity index (χ4v) is 2.61. The van der Waals surface area contributed by atoms with Crippen molar-refractivity contribution in [2.45, 2.75) is 26.2 Å². The van der Waals surface area contributed by atoms with Crippen LogP contribution in [0.1, 0.15) is 36.5 Å². The summed E-state index contributed by atoms with van der Waals surface area (Å²) in [5.74, 6) is -0.372. The fraction of sp³-hybridized carbons (Fsp3) is 0.500. The number of hydrogen-bond donors (Lipinski definition) is 2. The first kappa shape index (κ1) is 16.1. The lowest BCUT2D eigenvalue weighted by molar-refractivity contribution is 0.0601. The Labute approximate surface area is 130 Å². The Kier molecular flexibility index (Phi) is 5.63. The highest BCUT2D eigenvalue weighted by molar-refractivity contribution is 5.96. The number of amides is 2. The van der Waals surface area contributed by atoms with Crippen LogP contribution < -0.4 is 15.5 Å². The van der Waals surface area contributed by atoms with Gasteiger partial charge in [-0.2, -0.15) is 0 Å². The number of benzene rings is 1. The van der Waals surface area contributed by atoms with E-state index in [0.29, 0.717) is 17.8 Å². The van der Waals surface area contributed by atoms with Gasteiger partial charge in [0.1, 0.15) is 0 Å². The second-order valence-electron chi connectivity index (χ2n) is 5.26. The molecule has 2 N–H and O–H groups in total. The maximum atomic E-state index is 11.8. The van der Waals surface area contributed by atoms with Crippen molar-refractivity contribution < 1.29 is 14.3 Å². The van der Waals surface area contributed by atoms with E-state index in [9.17, 15) is 9.59 Å². The van der Waals surface area contributed by atoms with Gasteiger partial charge in [-0.25, -0.2) is 9.59 Å². The van der Waals surface area contributed by atoms with E-state index in [4.69, 9.17) is 4.74 Å². The molecule has 1 aromatic carbocycles. The molecule has 2 rings (SSSR count). The van der Waals surface area contributed by atoms with Crippen LogP contribution in [0.2, 0.25) is 0 Å². The van der Waals surface area contributed by atoms with E-state index >= 15 is 0 Å². The van der Waals surface area contributed by atoms with Gasteiger partial charge in [-0.1, -0.05) is 0 Å². The van der Waals surface area contributed by atoms with E-state index in [-0.39, 0.29) is 12.0 Å². The summed E-state index contributed by atoms with van der Waals surface area (Å²) >= 11 is 0. The van der Waals surface area contributed by atoms with Crippen molar-refractivity contribution in [1.29, 1.82) is 0 Å². The minimum Gasteiger partial charge on any atom is -0.465 e. The minimum atomic E-state index is -0.372. The standard InChI is InChI=1S/C16H23N3O3/c1-3-17-16(21)18-13-8-7-12(15(20)22-2)11-14(13)19-9-5-4-6-10-19/h7-8,11H,3-6,9-10H2,1-2H3,(H2,17,18,21). The first-order chi connectivity index (χ1) is 10.7. The Bertz CT molecular complexity index is 539. The zero-order valence-electron chi connectivity index (χ0n) is 13.1. The summed E-state index contributed by atoms with van der Waals surface area (Å²) in [6, 6.07) is 4.97. The molecule has 0 atom stereocenters. The van der Waals surface area contributed by atoms with Crippen molar-refractivity contribution in [3.8, 4) is 0 Å². The number of urea groups is 1. The molecule has 6 heteroatoms. The van der Waals surface area contributed by atoms with Gasteiger partial charge in [0, 0.05) is 19.6 Å². The summed E-state index contributed by atoms with van der Waals surface area (Å²) in [7, 11) is 1.36. The lowest BCUT2D eigenvalue weighted by atomic mass is 10.1. The molecule has 0 aliphatic carbocycles. The van der Waals surface area contributed by atoms with Crippen LogP contribution in [0.15, 0.2) is 18.2 Å². The van der Waals surface area contributed by atoms with Gasteiger partial charge in [0.05, 0.1) is 24.0 Å². The van der Waals surface area contributed by atoms with E-state index in [0.717, 1.165) is 31.6 Å². The SMILES string of the molecule is CCNC(=O)Nc1ccc(C(=O)OC)cc1N1CCCCC1. The summed E-state index contributed by atoms with van der Waals surface area (Å²) < 4.78 is 4.78. The maximum Gasteiger partial charge on any atom is 0.337 e. The van der Waals surface area contributed by atoms with Crippen LogP contribution in [0.4, 0.5) is 16.2 Å². The number of methoxy groups -OCH3 is 1. The highest BCUT2D eigenvalue weighted by atomic mass is 16.5. The molecule has 0 bridgehead atoms. The number of piperidine rings is 1. The molecule has 0 unspecified atom stereocenters. The van der Waals surface area contributed by atoms with E-state index in [1.165, 1.54) is 13.5 Å². The third kappa shape index (κ3) is 3.90. The Morgan fingerprint density at radius 3 is 2.59 bits per heavy atom. The largest absolute Gasteiger partial charge is 0.465 e. The van der Waals surface area contributed by atoms with Crippen molar-refractivity contribution >= 4 is 23.4 Å². The Morgan fingerprint density at radius 2 is 1.95 bits per heavy atom. The average Bonchev–Trinajstić information content (AvgIpc) is 2.55. The molecule has 1 aliphatic heterocycles. The van der Waals surface area contributed by atoms with E-state index in [2.05, 4.69) is 15.5 Å². The topological polar surface area (TPSA) is 70.7 Å². The second-order valence-corrected chi connectivity index (χ2v) is 5.26. The quantitative estimate of drug-likeness (QED) is 0.839. The molecule has 6 nitrogen and oxygen atoms in total. The molecule has 1 aromatic rings. The lowest BCUT2D eigenvalue weighted by Crippen LogP contribution is -2.32. The van der Waals surface area contributed by atoms with Gasteiger partial charge in [0.25, 0.3) is 0 Å². The molecular weight excluding hydrogens is 282 g/mol. The van der Waals surface area contributed by atoms with Crippen molar-refractivity contribution in [2.24, 2.45) is 0 Å². The molecule has 1 heterocycles. The number of rotatable bonds is 4.